The molecule has 2 aromatic heterocycles. The molecule has 0 bridgehead atoms. The molecule has 0 spiro atoms. The molecule has 0 fully saturated rings. The molecular weight excluding hydrogens is 358 g/mol. The van der Waals surface area contributed by atoms with Crippen LogP contribution in [-0.2, 0) is 14.3 Å². The molecule has 0 aliphatic rings. The molecule has 1 N–H and O–H groups in total. The number of nitrogens with zero attached hydrogens (tertiary/aromatic N) is 2. The summed E-state index contributed by atoms with van der Waals surface area (Å²) in [5.74, 6) is -0.627. The minimum absolute atomic E-state index is 0.269. The number of anilines is 1. The lowest BCUT2D eigenvalue weighted by Crippen LogP contribution is -2.29. The number of hydrogen-bond acceptors (Lipinski definition) is 6. The molecule has 0 unspecified atom stereocenters. The number of amides is 1. The van der Waals surface area contributed by atoms with Crippen LogP contribution in [0.2, 0.25) is 5.02 Å². The molecule has 0 saturated carbocycles. The zero-order valence-electron chi connectivity index (χ0n) is 13.7. The number of fused-ring (bicyclic) bond motifs is 1. The zero-order chi connectivity index (χ0) is 18.5. The molecular formula is C18H14ClN3O4. The van der Waals surface area contributed by atoms with Gasteiger partial charge in [-0.05, 0) is 31.2 Å². The first kappa shape index (κ1) is 17.6. The normalized spacial score (nSPS) is 12.2. The molecule has 3 aromatic rings. The Labute approximate surface area is 153 Å². The summed E-state index contributed by atoms with van der Waals surface area (Å²) in [5, 5.41) is 2.98. The minimum Gasteiger partial charge on any atom is -0.449 e. The molecule has 26 heavy (non-hydrogen) atoms. The summed E-state index contributed by atoms with van der Waals surface area (Å²) in [4.78, 5) is 32.0. The van der Waals surface area contributed by atoms with Crippen molar-refractivity contribution in [2.24, 2.45) is 0 Å². The molecule has 0 radical (unpaired) electrons. The SMILES string of the molecule is C[C@H](OC(=O)/C=C/c1nc2ccccc2o1)C(=O)Nc1ccc(Cl)cn1. The smallest absolute Gasteiger partial charge is 0.331 e. The van der Waals surface area contributed by atoms with Crippen LogP contribution in [0.1, 0.15) is 12.8 Å². The molecule has 0 aliphatic heterocycles. The number of benzene rings is 1. The number of oxazole rings is 1. The summed E-state index contributed by atoms with van der Waals surface area (Å²) in [6, 6.07) is 10.4. The van der Waals surface area contributed by atoms with Crippen molar-refractivity contribution >= 4 is 46.5 Å². The standard InChI is InChI=1S/C18H14ClN3O4/c1-11(18(24)22-15-7-6-12(19)10-20-15)25-17(23)9-8-16-21-13-4-2-3-5-14(13)26-16/h2-11H,1H3,(H,20,22,24)/b9-8+/t11-/m0/s1. The van der Waals surface area contributed by atoms with Crippen molar-refractivity contribution in [3.8, 4) is 0 Å². The van der Waals surface area contributed by atoms with Gasteiger partial charge in [-0.3, -0.25) is 4.79 Å². The van der Waals surface area contributed by atoms with Gasteiger partial charge in [-0.15, -0.1) is 0 Å². The Morgan fingerprint density at radius 1 is 1.27 bits per heavy atom. The third-order valence-corrected chi connectivity index (χ3v) is 3.54. The van der Waals surface area contributed by atoms with E-state index in [1.165, 1.54) is 19.2 Å². The third kappa shape index (κ3) is 4.46. The van der Waals surface area contributed by atoms with Crippen LogP contribution < -0.4 is 5.32 Å². The minimum atomic E-state index is -1.01. The van der Waals surface area contributed by atoms with Gasteiger partial charge in [0, 0.05) is 18.3 Å². The van der Waals surface area contributed by atoms with E-state index in [2.05, 4.69) is 15.3 Å². The monoisotopic (exact) mass is 371 g/mol. The largest absolute Gasteiger partial charge is 0.449 e. The predicted molar refractivity (Wildman–Crippen MR) is 96.5 cm³/mol. The summed E-state index contributed by atoms with van der Waals surface area (Å²) in [5.41, 5.74) is 1.30. The van der Waals surface area contributed by atoms with Gasteiger partial charge in [0.2, 0.25) is 5.89 Å². The number of pyridine rings is 1. The fraction of sp³-hybridized carbons (Fsp3) is 0.111. The Hall–Kier alpha value is -3.19. The van der Waals surface area contributed by atoms with Crippen molar-refractivity contribution in [2.75, 3.05) is 5.32 Å². The second-order valence-corrected chi connectivity index (χ2v) is 5.72. The second-order valence-electron chi connectivity index (χ2n) is 5.28. The second kappa shape index (κ2) is 7.79. The summed E-state index contributed by atoms with van der Waals surface area (Å²) in [7, 11) is 0. The molecule has 1 atom stereocenters. The maximum absolute atomic E-state index is 12.0. The van der Waals surface area contributed by atoms with Crippen LogP contribution in [0.5, 0.6) is 0 Å². The Kier molecular flexibility index (Phi) is 5.28. The van der Waals surface area contributed by atoms with Crippen molar-refractivity contribution < 1.29 is 18.7 Å². The molecule has 0 aliphatic carbocycles. The number of carbonyl (C=O) groups excluding carboxylic acids is 2. The molecule has 1 aromatic carbocycles. The molecule has 1 amide bonds. The van der Waals surface area contributed by atoms with Crippen LogP contribution in [0.4, 0.5) is 5.82 Å². The van der Waals surface area contributed by atoms with E-state index in [1.54, 1.807) is 24.3 Å². The molecule has 7 nitrogen and oxygen atoms in total. The summed E-state index contributed by atoms with van der Waals surface area (Å²) in [6.45, 7) is 1.45. The Morgan fingerprint density at radius 2 is 2.08 bits per heavy atom. The summed E-state index contributed by atoms with van der Waals surface area (Å²) < 4.78 is 10.5. The number of rotatable bonds is 5. The van der Waals surface area contributed by atoms with Gasteiger partial charge in [-0.2, -0.15) is 0 Å². The number of carbonyl (C=O) groups is 2. The number of halogens is 1. The number of ether oxygens (including phenoxy) is 1. The van der Waals surface area contributed by atoms with Crippen LogP contribution in [0.15, 0.2) is 53.1 Å². The van der Waals surface area contributed by atoms with Gasteiger partial charge in [0.15, 0.2) is 11.7 Å². The van der Waals surface area contributed by atoms with Crippen LogP contribution in [0, 0.1) is 0 Å². The van der Waals surface area contributed by atoms with Crippen LogP contribution >= 0.6 is 11.6 Å². The number of esters is 1. The highest BCUT2D eigenvalue weighted by Gasteiger charge is 2.17. The van der Waals surface area contributed by atoms with Gasteiger partial charge in [0.1, 0.15) is 11.3 Å². The summed E-state index contributed by atoms with van der Waals surface area (Å²) in [6.07, 6.45) is 2.92. The van der Waals surface area contributed by atoms with Crippen molar-refractivity contribution in [3.05, 3.63) is 59.6 Å². The number of para-hydroxylation sites is 2. The van der Waals surface area contributed by atoms with Gasteiger partial charge < -0.3 is 14.5 Å². The quantitative estimate of drug-likeness (QED) is 0.545. The topological polar surface area (TPSA) is 94.3 Å². The fourth-order valence-electron chi connectivity index (χ4n) is 2.05. The molecule has 0 saturated heterocycles. The van der Waals surface area contributed by atoms with Crippen molar-refractivity contribution in [1.29, 1.82) is 0 Å². The summed E-state index contributed by atoms with van der Waals surface area (Å²) >= 11 is 5.73. The first-order valence-corrected chi connectivity index (χ1v) is 8.06. The Morgan fingerprint density at radius 3 is 2.81 bits per heavy atom. The maximum Gasteiger partial charge on any atom is 0.331 e. The zero-order valence-corrected chi connectivity index (χ0v) is 14.4. The average Bonchev–Trinajstić information content (AvgIpc) is 3.05. The average molecular weight is 372 g/mol. The Balaban J connectivity index is 1.56. The molecule has 132 valence electrons. The highest BCUT2D eigenvalue weighted by molar-refractivity contribution is 6.30. The molecule has 2 heterocycles. The van der Waals surface area contributed by atoms with E-state index in [1.807, 2.05) is 12.1 Å². The number of nitrogens with one attached hydrogen (secondary N) is 1. The molecule has 3 rings (SSSR count). The van der Waals surface area contributed by atoms with E-state index < -0.39 is 18.0 Å². The molecule has 8 heteroatoms. The third-order valence-electron chi connectivity index (χ3n) is 3.31. The van der Waals surface area contributed by atoms with Crippen LogP contribution in [-0.4, -0.2) is 27.9 Å². The van der Waals surface area contributed by atoms with Gasteiger partial charge in [0.05, 0.1) is 5.02 Å². The Bertz CT molecular complexity index is 933. The van der Waals surface area contributed by atoms with Crippen LogP contribution in [0.25, 0.3) is 17.2 Å². The highest BCUT2D eigenvalue weighted by Crippen LogP contribution is 2.15. The highest BCUT2D eigenvalue weighted by atomic mass is 35.5. The lowest BCUT2D eigenvalue weighted by Gasteiger charge is -2.11. The van der Waals surface area contributed by atoms with E-state index in [0.29, 0.717) is 21.9 Å². The lowest BCUT2D eigenvalue weighted by molar-refractivity contribution is -0.148. The van der Waals surface area contributed by atoms with E-state index in [9.17, 15) is 9.59 Å². The van der Waals surface area contributed by atoms with E-state index in [0.717, 1.165) is 6.08 Å². The van der Waals surface area contributed by atoms with Crippen molar-refractivity contribution in [2.45, 2.75) is 13.0 Å². The number of hydrogen-bond donors (Lipinski definition) is 1. The van der Waals surface area contributed by atoms with E-state index in [4.69, 9.17) is 20.8 Å². The van der Waals surface area contributed by atoms with Gasteiger partial charge in [-0.25, -0.2) is 14.8 Å². The van der Waals surface area contributed by atoms with Crippen molar-refractivity contribution in [3.63, 3.8) is 0 Å². The van der Waals surface area contributed by atoms with E-state index in [-0.39, 0.29) is 5.89 Å². The predicted octanol–water partition coefficient (Wildman–Crippen LogP) is 3.46. The number of aromatic nitrogens is 2. The first-order valence-electron chi connectivity index (χ1n) is 7.68. The lowest BCUT2D eigenvalue weighted by atomic mass is 10.3. The van der Waals surface area contributed by atoms with Crippen molar-refractivity contribution in [1.82, 2.24) is 9.97 Å². The maximum atomic E-state index is 12.0. The van der Waals surface area contributed by atoms with Crippen LogP contribution in [0.3, 0.4) is 0 Å². The van der Waals surface area contributed by atoms with E-state index >= 15 is 0 Å². The fourth-order valence-corrected chi connectivity index (χ4v) is 2.16. The van der Waals surface area contributed by atoms with Gasteiger partial charge >= 0.3 is 5.97 Å². The van der Waals surface area contributed by atoms with Gasteiger partial charge in [-0.1, -0.05) is 23.7 Å². The first-order chi connectivity index (χ1) is 12.5. The van der Waals surface area contributed by atoms with Gasteiger partial charge in [0.25, 0.3) is 5.91 Å².